The van der Waals surface area contributed by atoms with Crippen LogP contribution in [-0.2, 0) is 26.0 Å². The summed E-state index contributed by atoms with van der Waals surface area (Å²) in [6.07, 6.45) is 6.10. The number of ether oxygens (including phenoxy) is 1. The van der Waals surface area contributed by atoms with Crippen molar-refractivity contribution in [2.45, 2.75) is 75.8 Å². The first-order valence-corrected chi connectivity index (χ1v) is 17.4. The Bertz CT molecular complexity index is 1510. The van der Waals surface area contributed by atoms with Crippen molar-refractivity contribution in [3.05, 3.63) is 88.4 Å². The third-order valence-corrected chi connectivity index (χ3v) is 10.5. The molecule has 44 heavy (non-hydrogen) atoms. The molecule has 0 radical (unpaired) electrons. The molecule has 3 aromatic carbocycles. The second kappa shape index (κ2) is 15.6. The minimum absolute atomic E-state index is 0.0106. The predicted octanol–water partition coefficient (Wildman–Crippen LogP) is 6.26. The van der Waals surface area contributed by atoms with Gasteiger partial charge in [-0.05, 0) is 84.4 Å². The number of aryl methyl sites for hydroxylation is 1. The van der Waals surface area contributed by atoms with E-state index in [4.69, 9.17) is 4.74 Å². The van der Waals surface area contributed by atoms with Crippen molar-refractivity contribution in [1.82, 2.24) is 10.2 Å². The molecule has 0 saturated heterocycles. The number of amides is 2. The Kier molecular flexibility index (Phi) is 11.9. The molecule has 0 unspecified atom stereocenters. The van der Waals surface area contributed by atoms with Crippen molar-refractivity contribution in [1.29, 1.82) is 0 Å². The average molecular weight is 685 g/mol. The fraction of sp³-hybridized carbons (Fsp3) is 0.412. The number of methoxy groups -OCH3 is 1. The SMILES string of the molecule is CC[C@H](C(=O)NC1CCCCC1)N(CCc1ccccc1)C(=O)CN(c1ccc(C)cc1)S(=O)(=O)c1ccc(OC)c(Br)c1. The van der Waals surface area contributed by atoms with Crippen molar-refractivity contribution < 1.29 is 22.7 Å². The Morgan fingerprint density at radius 1 is 1.00 bits per heavy atom. The van der Waals surface area contributed by atoms with Gasteiger partial charge in [0.25, 0.3) is 10.0 Å². The Morgan fingerprint density at radius 2 is 1.68 bits per heavy atom. The normalized spacial score (nSPS) is 14.5. The standard InChI is InChI=1S/C34H42BrN3O5S/c1-4-31(34(40)36-27-13-9-6-10-14-27)37(22-21-26-11-7-5-8-12-26)33(39)24-38(28-17-15-25(2)16-18-28)44(41,42)29-19-20-32(43-3)30(35)23-29/h5,7-8,11-12,15-20,23,27,31H,4,6,9-10,13-14,21-22,24H2,1-3H3,(H,36,40)/t31-/m1/s1. The highest BCUT2D eigenvalue weighted by molar-refractivity contribution is 9.10. The van der Waals surface area contributed by atoms with Gasteiger partial charge in [-0.1, -0.05) is 74.2 Å². The number of halogens is 1. The molecule has 8 nitrogen and oxygen atoms in total. The first kappa shape index (κ1) is 33.5. The van der Waals surface area contributed by atoms with Crippen LogP contribution in [0.3, 0.4) is 0 Å². The van der Waals surface area contributed by atoms with Gasteiger partial charge >= 0.3 is 0 Å². The number of carbonyl (C=O) groups excluding carboxylic acids is 2. The van der Waals surface area contributed by atoms with Gasteiger partial charge in [0, 0.05) is 12.6 Å². The molecule has 0 aliphatic heterocycles. The number of carbonyl (C=O) groups is 2. The second-order valence-electron chi connectivity index (χ2n) is 11.2. The lowest BCUT2D eigenvalue weighted by molar-refractivity contribution is -0.140. The summed E-state index contributed by atoms with van der Waals surface area (Å²) in [6, 6.07) is 20.6. The first-order valence-electron chi connectivity index (χ1n) is 15.2. The molecular weight excluding hydrogens is 642 g/mol. The fourth-order valence-electron chi connectivity index (χ4n) is 5.61. The van der Waals surface area contributed by atoms with E-state index in [-0.39, 0.29) is 23.4 Å². The van der Waals surface area contributed by atoms with E-state index in [9.17, 15) is 18.0 Å². The minimum Gasteiger partial charge on any atom is -0.496 e. The number of rotatable bonds is 13. The molecule has 0 bridgehead atoms. The number of anilines is 1. The molecule has 0 aromatic heterocycles. The van der Waals surface area contributed by atoms with Crippen molar-refractivity contribution in [2.24, 2.45) is 0 Å². The minimum atomic E-state index is -4.19. The highest BCUT2D eigenvalue weighted by Gasteiger charge is 2.34. The molecule has 1 fully saturated rings. The maximum absolute atomic E-state index is 14.3. The van der Waals surface area contributed by atoms with Crippen LogP contribution in [-0.4, -0.2) is 57.4 Å². The molecule has 236 valence electrons. The maximum atomic E-state index is 14.3. The van der Waals surface area contributed by atoms with Crippen LogP contribution in [0.5, 0.6) is 5.75 Å². The van der Waals surface area contributed by atoms with Crippen LogP contribution in [0.4, 0.5) is 5.69 Å². The number of sulfonamides is 1. The summed E-state index contributed by atoms with van der Waals surface area (Å²) in [6.45, 7) is 3.61. The van der Waals surface area contributed by atoms with Gasteiger partial charge in [0.05, 0.1) is 22.2 Å². The van der Waals surface area contributed by atoms with Crippen LogP contribution in [0.15, 0.2) is 82.2 Å². The monoisotopic (exact) mass is 683 g/mol. The average Bonchev–Trinajstić information content (AvgIpc) is 3.03. The molecule has 1 saturated carbocycles. The molecule has 10 heteroatoms. The number of nitrogens with zero attached hydrogens (tertiary/aromatic N) is 2. The number of benzene rings is 3. The van der Waals surface area contributed by atoms with Crippen LogP contribution in [0.1, 0.15) is 56.6 Å². The summed E-state index contributed by atoms with van der Waals surface area (Å²) >= 11 is 3.39. The van der Waals surface area contributed by atoms with E-state index in [2.05, 4.69) is 21.2 Å². The lowest BCUT2D eigenvalue weighted by Crippen LogP contribution is -2.54. The van der Waals surface area contributed by atoms with Gasteiger partial charge in [0.2, 0.25) is 11.8 Å². The topological polar surface area (TPSA) is 96.0 Å². The highest BCUT2D eigenvalue weighted by atomic mass is 79.9. The van der Waals surface area contributed by atoms with E-state index in [0.717, 1.165) is 41.1 Å². The summed E-state index contributed by atoms with van der Waals surface area (Å²) in [5.41, 5.74) is 2.34. The van der Waals surface area contributed by atoms with Gasteiger partial charge in [0.15, 0.2) is 0 Å². The van der Waals surface area contributed by atoms with Crippen LogP contribution >= 0.6 is 15.9 Å². The Hall–Kier alpha value is -3.37. The van der Waals surface area contributed by atoms with E-state index in [0.29, 0.717) is 28.8 Å². The quantitative estimate of drug-likeness (QED) is 0.230. The van der Waals surface area contributed by atoms with Gasteiger partial charge in [-0.25, -0.2) is 8.42 Å². The van der Waals surface area contributed by atoms with E-state index < -0.39 is 28.5 Å². The van der Waals surface area contributed by atoms with Crippen molar-refractivity contribution in [2.75, 3.05) is 24.5 Å². The number of hydrogen-bond donors (Lipinski definition) is 1. The Labute approximate surface area is 270 Å². The predicted molar refractivity (Wildman–Crippen MR) is 177 cm³/mol. The smallest absolute Gasteiger partial charge is 0.264 e. The molecule has 2 amide bonds. The van der Waals surface area contributed by atoms with E-state index in [1.165, 1.54) is 25.7 Å². The fourth-order valence-corrected chi connectivity index (χ4v) is 7.75. The molecule has 0 heterocycles. The van der Waals surface area contributed by atoms with Crippen LogP contribution in [0.25, 0.3) is 0 Å². The van der Waals surface area contributed by atoms with Crippen LogP contribution in [0.2, 0.25) is 0 Å². The second-order valence-corrected chi connectivity index (χ2v) is 14.0. The Balaban J connectivity index is 1.68. The molecular formula is C34H42BrN3O5S. The van der Waals surface area contributed by atoms with Gasteiger partial charge < -0.3 is 15.0 Å². The number of hydrogen-bond acceptors (Lipinski definition) is 5. The highest BCUT2D eigenvalue weighted by Crippen LogP contribution is 2.31. The molecule has 3 aromatic rings. The zero-order valence-electron chi connectivity index (χ0n) is 25.7. The van der Waals surface area contributed by atoms with Gasteiger partial charge in [-0.2, -0.15) is 0 Å². The third kappa shape index (κ3) is 8.41. The lowest BCUT2D eigenvalue weighted by Gasteiger charge is -2.34. The summed E-state index contributed by atoms with van der Waals surface area (Å²) in [5, 5.41) is 3.19. The van der Waals surface area contributed by atoms with E-state index in [1.807, 2.05) is 56.3 Å². The van der Waals surface area contributed by atoms with Gasteiger partial charge in [-0.15, -0.1) is 0 Å². The third-order valence-electron chi connectivity index (χ3n) is 8.13. The number of nitrogens with one attached hydrogen (secondary N) is 1. The lowest BCUT2D eigenvalue weighted by atomic mass is 9.95. The van der Waals surface area contributed by atoms with Crippen molar-refractivity contribution >= 4 is 43.5 Å². The molecule has 1 aliphatic carbocycles. The largest absolute Gasteiger partial charge is 0.496 e. The van der Waals surface area contributed by atoms with Crippen LogP contribution < -0.4 is 14.4 Å². The molecule has 4 rings (SSSR count). The summed E-state index contributed by atoms with van der Waals surface area (Å²) in [5.74, 6) is -0.142. The Morgan fingerprint density at radius 3 is 2.30 bits per heavy atom. The maximum Gasteiger partial charge on any atom is 0.264 e. The van der Waals surface area contributed by atoms with Crippen LogP contribution in [0, 0.1) is 6.92 Å². The van der Waals surface area contributed by atoms with Crippen molar-refractivity contribution in [3.8, 4) is 5.75 Å². The van der Waals surface area contributed by atoms with Gasteiger partial charge in [-0.3, -0.25) is 13.9 Å². The zero-order valence-corrected chi connectivity index (χ0v) is 28.1. The summed E-state index contributed by atoms with van der Waals surface area (Å²) < 4.78 is 35.2. The van der Waals surface area contributed by atoms with E-state index >= 15 is 0 Å². The molecule has 1 aliphatic rings. The molecule has 1 N–H and O–H groups in total. The van der Waals surface area contributed by atoms with Crippen molar-refractivity contribution in [3.63, 3.8) is 0 Å². The molecule has 0 spiro atoms. The van der Waals surface area contributed by atoms with E-state index in [1.54, 1.807) is 23.1 Å². The molecule has 1 atom stereocenters. The first-order chi connectivity index (χ1) is 21.1. The zero-order chi connectivity index (χ0) is 31.7. The van der Waals surface area contributed by atoms with Gasteiger partial charge in [0.1, 0.15) is 18.3 Å². The summed E-state index contributed by atoms with van der Waals surface area (Å²) in [4.78, 5) is 29.5. The summed E-state index contributed by atoms with van der Waals surface area (Å²) in [7, 11) is -2.68.